The van der Waals surface area contributed by atoms with Gasteiger partial charge in [0.1, 0.15) is 23.1 Å². The smallest absolute Gasteiger partial charge is 0.255 e. The van der Waals surface area contributed by atoms with Crippen molar-refractivity contribution >= 4 is 16.9 Å². The number of methoxy groups -OCH3 is 1. The Morgan fingerprint density at radius 2 is 2.00 bits per heavy atom. The molecule has 1 amide bonds. The van der Waals surface area contributed by atoms with Crippen LogP contribution in [-0.2, 0) is 11.3 Å². The summed E-state index contributed by atoms with van der Waals surface area (Å²) in [6.45, 7) is 12.1. The number of halogens is 1. The average molecular weight is 464 g/mol. The van der Waals surface area contributed by atoms with Crippen LogP contribution in [0.4, 0.5) is 4.39 Å². The summed E-state index contributed by atoms with van der Waals surface area (Å²) in [6.07, 6.45) is 3.98. The van der Waals surface area contributed by atoms with Crippen molar-refractivity contribution in [3.8, 4) is 22.9 Å². The predicted octanol–water partition coefficient (Wildman–Crippen LogP) is 5.49. The van der Waals surface area contributed by atoms with Gasteiger partial charge in [-0.2, -0.15) is 0 Å². The van der Waals surface area contributed by atoms with Gasteiger partial charge in [0.25, 0.3) is 5.91 Å². The van der Waals surface area contributed by atoms with E-state index >= 15 is 0 Å². The molecule has 0 radical (unpaired) electrons. The number of nitrogens with two attached hydrogens (primary N) is 1. The molecular weight excluding hydrogens is 433 g/mol. The number of rotatable bonds is 9. The first-order valence-corrected chi connectivity index (χ1v) is 10.9. The first kappa shape index (κ1) is 24.8. The summed E-state index contributed by atoms with van der Waals surface area (Å²) in [4.78, 5) is 16.3. The van der Waals surface area contributed by atoms with Gasteiger partial charge in [0.2, 0.25) is 0 Å². The van der Waals surface area contributed by atoms with E-state index < -0.39 is 5.91 Å². The number of hydrogen-bond acceptors (Lipinski definition) is 4. The van der Waals surface area contributed by atoms with E-state index in [2.05, 4.69) is 6.58 Å². The molecular formula is C27H30FN3O3. The molecule has 0 atom stereocenters. The monoisotopic (exact) mass is 463 g/mol. The van der Waals surface area contributed by atoms with Gasteiger partial charge in [-0.1, -0.05) is 24.3 Å². The Kier molecular flexibility index (Phi) is 7.56. The predicted molar refractivity (Wildman–Crippen MR) is 133 cm³/mol. The second-order valence-corrected chi connectivity index (χ2v) is 8.17. The maximum Gasteiger partial charge on any atom is 0.255 e. The largest absolute Gasteiger partial charge is 0.497 e. The average Bonchev–Trinajstić information content (AvgIpc) is 3.12. The summed E-state index contributed by atoms with van der Waals surface area (Å²) in [5.41, 5.74) is 11.1. The van der Waals surface area contributed by atoms with Crippen molar-refractivity contribution in [2.45, 2.75) is 34.2 Å². The fourth-order valence-corrected chi connectivity index (χ4v) is 3.94. The minimum absolute atomic E-state index is 0.300. The van der Waals surface area contributed by atoms with E-state index in [0.717, 1.165) is 22.3 Å². The van der Waals surface area contributed by atoms with Crippen LogP contribution in [-0.4, -0.2) is 29.2 Å². The molecule has 0 aliphatic carbocycles. The molecule has 0 aliphatic rings. The van der Waals surface area contributed by atoms with Gasteiger partial charge in [-0.25, -0.2) is 9.37 Å². The van der Waals surface area contributed by atoms with Crippen LogP contribution in [0.15, 0.2) is 65.8 Å². The highest BCUT2D eigenvalue weighted by Crippen LogP contribution is 2.39. The zero-order valence-electron chi connectivity index (χ0n) is 20.2. The number of aromatic nitrogens is 2. The van der Waals surface area contributed by atoms with Crippen LogP contribution < -0.4 is 15.2 Å². The maximum absolute atomic E-state index is 14.3. The normalized spacial score (nSPS) is 12.2. The number of carbonyl (C=O) groups is 1. The zero-order valence-corrected chi connectivity index (χ0v) is 20.2. The number of carbonyl (C=O) groups excluding carboxylic acids is 1. The fraction of sp³-hybridized carbons (Fsp3) is 0.259. The Morgan fingerprint density at radius 1 is 1.26 bits per heavy atom. The minimum atomic E-state index is -0.600. The van der Waals surface area contributed by atoms with Crippen molar-refractivity contribution < 1.29 is 18.7 Å². The Labute approximate surface area is 199 Å². The summed E-state index contributed by atoms with van der Waals surface area (Å²) in [6, 6.07) is 8.05. The minimum Gasteiger partial charge on any atom is -0.497 e. The standard InChI is InChI=1S/C27H30FN3O3/c1-7-8-17(4)21(16(2)3)14-31-23-12-19(28)9-10-22(23)30-27(31)26-18(5)11-20(33-6)13-24(26)34-15-25(29)32/h7-13H,2,14-15H2,1,3-6H3,(H2,29,32)/b8-7-,21-17-. The van der Waals surface area contributed by atoms with Crippen molar-refractivity contribution in [2.24, 2.45) is 5.73 Å². The molecule has 0 spiro atoms. The summed E-state index contributed by atoms with van der Waals surface area (Å²) < 4.78 is 27.4. The molecule has 1 aromatic heterocycles. The molecule has 3 aromatic rings. The van der Waals surface area contributed by atoms with Gasteiger partial charge in [0, 0.05) is 6.07 Å². The third kappa shape index (κ3) is 5.20. The van der Waals surface area contributed by atoms with Crippen molar-refractivity contribution in [1.29, 1.82) is 0 Å². The lowest BCUT2D eigenvalue weighted by Gasteiger charge is -2.18. The molecule has 6 nitrogen and oxygen atoms in total. The quantitative estimate of drug-likeness (QED) is 0.426. The number of nitrogens with zero attached hydrogens (tertiary/aromatic N) is 2. The fourth-order valence-electron chi connectivity index (χ4n) is 3.94. The van der Waals surface area contributed by atoms with Crippen LogP contribution >= 0.6 is 0 Å². The first-order valence-electron chi connectivity index (χ1n) is 10.9. The molecule has 2 aromatic carbocycles. The SMILES string of the molecule is C=C(C)/C(Cn1c(-c2c(C)cc(OC)cc2OCC(N)=O)nc2ccc(F)cc21)=C(C)\C=C/C. The Hall–Kier alpha value is -3.87. The maximum atomic E-state index is 14.3. The van der Waals surface area contributed by atoms with E-state index in [-0.39, 0.29) is 12.4 Å². The highest BCUT2D eigenvalue weighted by Gasteiger charge is 2.22. The molecule has 3 rings (SSSR count). The number of allylic oxidation sites excluding steroid dienone is 5. The lowest BCUT2D eigenvalue weighted by Crippen LogP contribution is -2.20. The van der Waals surface area contributed by atoms with Crippen LogP contribution in [0.25, 0.3) is 22.4 Å². The van der Waals surface area contributed by atoms with Gasteiger partial charge < -0.3 is 19.8 Å². The molecule has 2 N–H and O–H groups in total. The molecule has 0 saturated carbocycles. The van der Waals surface area contributed by atoms with E-state index in [1.807, 2.05) is 50.5 Å². The number of imidazole rings is 1. The lowest BCUT2D eigenvalue weighted by atomic mass is 10.0. The zero-order chi connectivity index (χ0) is 25.0. The number of primary amides is 1. The van der Waals surface area contributed by atoms with Gasteiger partial charge in [0.05, 0.1) is 30.3 Å². The Bertz CT molecular complexity index is 1320. The van der Waals surface area contributed by atoms with E-state index in [9.17, 15) is 9.18 Å². The highest BCUT2D eigenvalue weighted by molar-refractivity contribution is 5.84. The molecule has 0 fully saturated rings. The molecule has 0 bridgehead atoms. The highest BCUT2D eigenvalue weighted by atomic mass is 19.1. The number of amides is 1. The van der Waals surface area contributed by atoms with Crippen LogP contribution in [0.2, 0.25) is 0 Å². The Balaban J connectivity index is 2.34. The van der Waals surface area contributed by atoms with E-state index in [0.29, 0.717) is 40.5 Å². The van der Waals surface area contributed by atoms with E-state index in [4.69, 9.17) is 20.2 Å². The lowest BCUT2D eigenvalue weighted by molar-refractivity contribution is -0.119. The van der Waals surface area contributed by atoms with Gasteiger partial charge in [0.15, 0.2) is 6.61 Å². The van der Waals surface area contributed by atoms with Crippen LogP contribution in [0, 0.1) is 12.7 Å². The molecule has 0 aliphatic heterocycles. The van der Waals surface area contributed by atoms with E-state index in [1.54, 1.807) is 19.2 Å². The topological polar surface area (TPSA) is 79.4 Å². The van der Waals surface area contributed by atoms with Crippen molar-refractivity contribution in [3.63, 3.8) is 0 Å². The molecule has 0 unspecified atom stereocenters. The van der Waals surface area contributed by atoms with Crippen LogP contribution in [0.3, 0.4) is 0 Å². The van der Waals surface area contributed by atoms with Gasteiger partial charge in [-0.15, -0.1) is 0 Å². The second-order valence-electron chi connectivity index (χ2n) is 8.17. The summed E-state index contributed by atoms with van der Waals surface area (Å²) in [7, 11) is 1.55. The van der Waals surface area contributed by atoms with Gasteiger partial charge >= 0.3 is 0 Å². The molecule has 0 saturated heterocycles. The van der Waals surface area contributed by atoms with E-state index in [1.165, 1.54) is 12.1 Å². The summed E-state index contributed by atoms with van der Waals surface area (Å²) in [5, 5.41) is 0. The molecule has 34 heavy (non-hydrogen) atoms. The molecule has 1 heterocycles. The number of fused-ring (bicyclic) bond motifs is 1. The first-order chi connectivity index (χ1) is 16.2. The third-order valence-electron chi connectivity index (χ3n) is 5.54. The third-order valence-corrected chi connectivity index (χ3v) is 5.54. The van der Waals surface area contributed by atoms with Crippen molar-refractivity contribution in [1.82, 2.24) is 9.55 Å². The number of hydrogen-bond donors (Lipinski definition) is 1. The second kappa shape index (κ2) is 10.4. The number of benzene rings is 2. The summed E-state index contributed by atoms with van der Waals surface area (Å²) >= 11 is 0. The van der Waals surface area contributed by atoms with Gasteiger partial charge in [-0.3, -0.25) is 4.79 Å². The number of aryl methyl sites for hydroxylation is 1. The Morgan fingerprint density at radius 3 is 2.62 bits per heavy atom. The van der Waals surface area contributed by atoms with Crippen molar-refractivity contribution in [2.75, 3.05) is 13.7 Å². The van der Waals surface area contributed by atoms with Crippen molar-refractivity contribution in [3.05, 3.63) is 77.2 Å². The summed E-state index contributed by atoms with van der Waals surface area (Å²) in [5.74, 6) is 0.589. The van der Waals surface area contributed by atoms with Gasteiger partial charge in [-0.05, 0) is 68.7 Å². The number of ether oxygens (including phenoxy) is 2. The molecule has 7 heteroatoms. The van der Waals surface area contributed by atoms with Crippen LogP contribution in [0.1, 0.15) is 26.3 Å². The molecule has 178 valence electrons. The van der Waals surface area contributed by atoms with Crippen LogP contribution in [0.5, 0.6) is 11.5 Å².